The van der Waals surface area contributed by atoms with Crippen molar-refractivity contribution >= 4 is 17.2 Å². The zero-order chi connectivity index (χ0) is 11.4. The van der Waals surface area contributed by atoms with Gasteiger partial charge in [0.25, 0.3) is 0 Å². The van der Waals surface area contributed by atoms with E-state index >= 15 is 0 Å². The Morgan fingerprint density at radius 2 is 2.38 bits per heavy atom. The molecule has 1 heterocycles. The van der Waals surface area contributed by atoms with Crippen LogP contribution < -0.4 is 5.32 Å². The average Bonchev–Trinajstić information content (AvgIpc) is 2.97. The summed E-state index contributed by atoms with van der Waals surface area (Å²) in [7, 11) is 0. The van der Waals surface area contributed by atoms with Crippen molar-refractivity contribution < 1.29 is 4.79 Å². The summed E-state index contributed by atoms with van der Waals surface area (Å²) in [5, 5.41) is 14.7. The molecule has 1 fully saturated rings. The van der Waals surface area contributed by atoms with E-state index in [9.17, 15) is 4.79 Å². The van der Waals surface area contributed by atoms with Gasteiger partial charge in [0.2, 0.25) is 5.91 Å². The van der Waals surface area contributed by atoms with Crippen LogP contribution in [0.25, 0.3) is 0 Å². The van der Waals surface area contributed by atoms with Crippen molar-refractivity contribution in [1.29, 1.82) is 5.26 Å². The molecule has 1 N–H and O–H groups in total. The Bertz CT molecular complexity index is 401. The summed E-state index contributed by atoms with van der Waals surface area (Å²) >= 11 is 1.51. The highest BCUT2D eigenvalue weighted by atomic mass is 32.1. The lowest BCUT2D eigenvalue weighted by molar-refractivity contribution is -0.128. The Hall–Kier alpha value is -1.41. The normalized spacial score (nSPS) is 17.9. The molecule has 1 aliphatic rings. The van der Waals surface area contributed by atoms with Gasteiger partial charge in [-0.2, -0.15) is 5.26 Å². The maximum absolute atomic E-state index is 11.9. The molecule has 0 aromatic carbocycles. The number of hydrogen-bond donors (Lipinski definition) is 1. The van der Waals surface area contributed by atoms with Crippen LogP contribution in [-0.4, -0.2) is 10.9 Å². The standard InChI is InChI=1S/C11H13N3OS/c12-8-11(3-1-2-4-11)10(15)14-7-9-13-5-6-16-9/h5-6H,1-4,7H2,(H,14,15). The third-order valence-electron chi connectivity index (χ3n) is 2.99. The van der Waals surface area contributed by atoms with E-state index in [-0.39, 0.29) is 5.91 Å². The van der Waals surface area contributed by atoms with Crippen LogP contribution in [0.2, 0.25) is 0 Å². The molecule has 0 saturated heterocycles. The Labute approximate surface area is 98.3 Å². The largest absolute Gasteiger partial charge is 0.348 e. The van der Waals surface area contributed by atoms with E-state index in [4.69, 9.17) is 5.26 Å². The smallest absolute Gasteiger partial charge is 0.240 e. The molecule has 16 heavy (non-hydrogen) atoms. The van der Waals surface area contributed by atoms with Crippen LogP contribution in [0, 0.1) is 16.7 Å². The SMILES string of the molecule is N#CC1(C(=O)NCc2nccs2)CCCC1. The molecule has 0 aliphatic heterocycles. The second-order valence-corrected chi connectivity index (χ2v) is 4.99. The topological polar surface area (TPSA) is 65.8 Å². The first-order valence-corrected chi connectivity index (χ1v) is 6.23. The average molecular weight is 235 g/mol. The molecule has 2 rings (SSSR count). The minimum absolute atomic E-state index is 0.136. The van der Waals surface area contributed by atoms with Gasteiger partial charge in [-0.3, -0.25) is 4.79 Å². The first kappa shape index (κ1) is 11.1. The molecule has 0 atom stereocenters. The Kier molecular flexibility index (Phi) is 3.20. The number of nitrogens with one attached hydrogen (secondary N) is 1. The minimum Gasteiger partial charge on any atom is -0.348 e. The molecular weight excluding hydrogens is 222 g/mol. The summed E-state index contributed by atoms with van der Waals surface area (Å²) < 4.78 is 0. The molecule has 1 aliphatic carbocycles. The molecule has 0 bridgehead atoms. The monoisotopic (exact) mass is 235 g/mol. The molecule has 1 amide bonds. The number of aromatic nitrogens is 1. The second-order valence-electron chi connectivity index (χ2n) is 4.01. The van der Waals surface area contributed by atoms with Crippen LogP contribution in [0.5, 0.6) is 0 Å². The van der Waals surface area contributed by atoms with E-state index in [1.165, 1.54) is 11.3 Å². The molecule has 0 spiro atoms. The van der Waals surface area contributed by atoms with Crippen molar-refractivity contribution in [2.45, 2.75) is 32.2 Å². The van der Waals surface area contributed by atoms with Gasteiger partial charge in [0.05, 0.1) is 12.6 Å². The Morgan fingerprint density at radius 3 is 2.94 bits per heavy atom. The summed E-state index contributed by atoms with van der Waals surface area (Å²) in [5.41, 5.74) is -0.780. The lowest BCUT2D eigenvalue weighted by Crippen LogP contribution is -2.37. The lowest BCUT2D eigenvalue weighted by atomic mass is 9.87. The van der Waals surface area contributed by atoms with Gasteiger partial charge in [-0.1, -0.05) is 12.8 Å². The maximum atomic E-state index is 11.9. The predicted octanol–water partition coefficient (Wildman–Crippen LogP) is 1.84. The second kappa shape index (κ2) is 4.62. The quantitative estimate of drug-likeness (QED) is 0.869. The molecule has 1 aromatic rings. The van der Waals surface area contributed by atoms with Crippen LogP contribution in [-0.2, 0) is 11.3 Å². The fraction of sp³-hybridized carbons (Fsp3) is 0.545. The Morgan fingerprint density at radius 1 is 1.62 bits per heavy atom. The van der Waals surface area contributed by atoms with Crippen LogP contribution >= 0.6 is 11.3 Å². The third-order valence-corrected chi connectivity index (χ3v) is 3.77. The van der Waals surface area contributed by atoms with E-state index < -0.39 is 5.41 Å². The molecule has 1 aromatic heterocycles. The Balaban J connectivity index is 1.95. The van der Waals surface area contributed by atoms with Gasteiger partial charge in [0.15, 0.2) is 0 Å². The van der Waals surface area contributed by atoms with Gasteiger partial charge in [-0.25, -0.2) is 4.98 Å². The third kappa shape index (κ3) is 2.07. The number of carbonyl (C=O) groups is 1. The maximum Gasteiger partial charge on any atom is 0.240 e. The summed E-state index contributed by atoms with van der Waals surface area (Å²) in [6, 6.07) is 2.18. The van der Waals surface area contributed by atoms with Gasteiger partial charge in [0, 0.05) is 11.6 Å². The van der Waals surface area contributed by atoms with E-state index in [0.29, 0.717) is 19.4 Å². The lowest BCUT2D eigenvalue weighted by Gasteiger charge is -2.18. The van der Waals surface area contributed by atoms with E-state index in [0.717, 1.165) is 17.8 Å². The number of rotatable bonds is 3. The predicted molar refractivity (Wildman–Crippen MR) is 60.5 cm³/mol. The van der Waals surface area contributed by atoms with Gasteiger partial charge in [-0.05, 0) is 12.8 Å². The number of nitriles is 1. The highest BCUT2D eigenvalue weighted by Gasteiger charge is 2.41. The molecule has 0 radical (unpaired) electrons. The molecule has 5 heteroatoms. The fourth-order valence-corrected chi connectivity index (χ4v) is 2.59. The van der Waals surface area contributed by atoms with E-state index in [2.05, 4.69) is 16.4 Å². The molecule has 1 saturated carbocycles. The van der Waals surface area contributed by atoms with Crippen molar-refractivity contribution in [3.63, 3.8) is 0 Å². The van der Waals surface area contributed by atoms with E-state index in [1.54, 1.807) is 6.20 Å². The molecule has 0 unspecified atom stereocenters. The summed E-state index contributed by atoms with van der Waals surface area (Å²) in [6.07, 6.45) is 5.03. The van der Waals surface area contributed by atoms with Crippen molar-refractivity contribution in [1.82, 2.24) is 10.3 Å². The first-order chi connectivity index (χ1) is 7.77. The van der Waals surface area contributed by atoms with Crippen molar-refractivity contribution in [2.24, 2.45) is 5.41 Å². The van der Waals surface area contributed by atoms with Crippen LogP contribution in [0.15, 0.2) is 11.6 Å². The number of amides is 1. The van der Waals surface area contributed by atoms with Crippen molar-refractivity contribution in [2.75, 3.05) is 0 Å². The van der Waals surface area contributed by atoms with Crippen LogP contribution in [0.4, 0.5) is 0 Å². The van der Waals surface area contributed by atoms with Gasteiger partial charge < -0.3 is 5.32 Å². The van der Waals surface area contributed by atoms with Gasteiger partial charge >= 0.3 is 0 Å². The van der Waals surface area contributed by atoms with Crippen LogP contribution in [0.3, 0.4) is 0 Å². The molecule has 84 valence electrons. The van der Waals surface area contributed by atoms with Crippen molar-refractivity contribution in [3.05, 3.63) is 16.6 Å². The van der Waals surface area contributed by atoms with Gasteiger partial charge in [-0.15, -0.1) is 11.3 Å². The number of thiazole rings is 1. The number of carbonyl (C=O) groups excluding carboxylic acids is 1. The van der Waals surface area contributed by atoms with E-state index in [1.807, 2.05) is 5.38 Å². The van der Waals surface area contributed by atoms with Crippen molar-refractivity contribution in [3.8, 4) is 6.07 Å². The summed E-state index contributed by atoms with van der Waals surface area (Å²) in [4.78, 5) is 16.0. The summed E-state index contributed by atoms with van der Waals surface area (Å²) in [6.45, 7) is 0.430. The minimum atomic E-state index is -0.780. The van der Waals surface area contributed by atoms with Gasteiger partial charge in [0.1, 0.15) is 10.4 Å². The summed E-state index contributed by atoms with van der Waals surface area (Å²) in [5.74, 6) is -0.136. The number of hydrogen-bond acceptors (Lipinski definition) is 4. The zero-order valence-electron chi connectivity index (χ0n) is 8.90. The zero-order valence-corrected chi connectivity index (χ0v) is 9.72. The molecular formula is C11H13N3OS. The molecule has 4 nitrogen and oxygen atoms in total. The highest BCUT2D eigenvalue weighted by molar-refractivity contribution is 7.09. The number of nitrogens with zero attached hydrogens (tertiary/aromatic N) is 2. The van der Waals surface area contributed by atoms with Crippen LogP contribution in [0.1, 0.15) is 30.7 Å². The first-order valence-electron chi connectivity index (χ1n) is 5.35. The highest BCUT2D eigenvalue weighted by Crippen LogP contribution is 2.37. The fourth-order valence-electron chi connectivity index (χ4n) is 2.03.